The van der Waals surface area contributed by atoms with E-state index in [1.165, 1.54) is 24.4 Å². The highest BCUT2D eigenvalue weighted by atomic mass is 19.1. The van der Waals surface area contributed by atoms with Crippen LogP contribution < -0.4 is 4.74 Å². The fourth-order valence-corrected chi connectivity index (χ4v) is 1.41. The number of hydrogen-bond donors (Lipinski definition) is 1. The quantitative estimate of drug-likeness (QED) is 0.914. The Morgan fingerprint density at radius 1 is 1.42 bits per heavy atom. The number of hydrogen-bond acceptors (Lipinski definition) is 4. The summed E-state index contributed by atoms with van der Waals surface area (Å²) in [4.78, 5) is 14.6. The van der Waals surface area contributed by atoms with Gasteiger partial charge in [0, 0.05) is 24.5 Å². The van der Waals surface area contributed by atoms with Gasteiger partial charge < -0.3 is 9.84 Å². The number of nitrogens with zero attached hydrogens (tertiary/aromatic N) is 2. The molecule has 1 aromatic heterocycles. The number of carboxylic acid groups (broad SMARTS) is 1. The zero-order valence-electron chi connectivity index (χ0n) is 9.50. The molecular weight excluding hydrogens is 251 g/mol. The molecule has 0 bridgehead atoms. The van der Waals surface area contributed by atoms with E-state index in [-0.39, 0.29) is 22.6 Å². The summed E-state index contributed by atoms with van der Waals surface area (Å²) in [7, 11) is 0. The zero-order valence-corrected chi connectivity index (χ0v) is 9.50. The van der Waals surface area contributed by atoms with Crippen LogP contribution in [0.3, 0.4) is 0 Å². The van der Waals surface area contributed by atoms with E-state index in [9.17, 15) is 9.18 Å². The molecule has 5 nitrogen and oxygen atoms in total. The molecule has 1 N–H and O–H groups in total. The van der Waals surface area contributed by atoms with E-state index in [1.807, 2.05) is 0 Å². The summed E-state index contributed by atoms with van der Waals surface area (Å²) in [6.45, 7) is 0. The van der Waals surface area contributed by atoms with Crippen molar-refractivity contribution >= 4 is 5.97 Å². The van der Waals surface area contributed by atoms with Crippen LogP contribution in [0, 0.1) is 17.1 Å². The maximum atomic E-state index is 13.4. The molecule has 1 heterocycles. The lowest BCUT2D eigenvalue weighted by Crippen LogP contribution is -2.00. The van der Waals surface area contributed by atoms with E-state index in [0.717, 1.165) is 12.3 Å². The van der Waals surface area contributed by atoms with Crippen molar-refractivity contribution in [2.24, 2.45) is 0 Å². The van der Waals surface area contributed by atoms with E-state index in [1.54, 1.807) is 6.07 Å². The average molecular weight is 258 g/mol. The smallest absolute Gasteiger partial charge is 0.341 e. The molecule has 2 rings (SSSR count). The Balaban J connectivity index is 2.34. The van der Waals surface area contributed by atoms with Gasteiger partial charge in [-0.25, -0.2) is 9.18 Å². The van der Waals surface area contributed by atoms with E-state index in [2.05, 4.69) is 4.98 Å². The number of halogens is 1. The van der Waals surface area contributed by atoms with Crippen LogP contribution in [0.2, 0.25) is 0 Å². The van der Waals surface area contributed by atoms with Gasteiger partial charge >= 0.3 is 5.97 Å². The van der Waals surface area contributed by atoms with Crippen molar-refractivity contribution in [3.8, 4) is 17.6 Å². The standard InChI is InChI=1S/C13H7FN2O3/c14-11-5-9(2-1-8(11)6-15)19-12-3-4-16-7-10(12)13(17)18/h1-5,7H,(H,17,18). The van der Waals surface area contributed by atoms with E-state index < -0.39 is 11.8 Å². The van der Waals surface area contributed by atoms with Crippen LogP contribution in [0.1, 0.15) is 15.9 Å². The monoisotopic (exact) mass is 258 g/mol. The Bertz CT molecular complexity index is 680. The number of ether oxygens (including phenoxy) is 1. The molecule has 0 fully saturated rings. The molecule has 0 spiro atoms. The largest absolute Gasteiger partial charge is 0.477 e. The third kappa shape index (κ3) is 2.66. The van der Waals surface area contributed by atoms with E-state index >= 15 is 0 Å². The number of carboxylic acids is 1. The van der Waals surface area contributed by atoms with Crippen LogP contribution in [0.5, 0.6) is 11.5 Å². The second-order valence-electron chi connectivity index (χ2n) is 3.53. The molecule has 6 heteroatoms. The Labute approximate surface area is 107 Å². The predicted octanol–water partition coefficient (Wildman–Crippen LogP) is 2.58. The van der Waals surface area contributed by atoms with Crippen molar-refractivity contribution < 1.29 is 19.0 Å². The summed E-state index contributed by atoms with van der Waals surface area (Å²) < 4.78 is 18.7. The number of aromatic carboxylic acids is 1. The molecule has 1 aromatic carbocycles. The molecule has 94 valence electrons. The molecule has 0 aliphatic heterocycles. The SMILES string of the molecule is N#Cc1ccc(Oc2ccncc2C(=O)O)cc1F. The number of rotatable bonds is 3. The van der Waals surface area contributed by atoms with Crippen molar-refractivity contribution in [3.05, 3.63) is 53.6 Å². The molecule has 19 heavy (non-hydrogen) atoms. The van der Waals surface area contributed by atoms with Crippen molar-refractivity contribution in [3.63, 3.8) is 0 Å². The van der Waals surface area contributed by atoms with Gasteiger partial charge in [0.05, 0.1) is 5.56 Å². The molecule has 0 aliphatic rings. The minimum atomic E-state index is -1.20. The highest BCUT2D eigenvalue weighted by Gasteiger charge is 2.12. The van der Waals surface area contributed by atoms with Gasteiger partial charge in [0.1, 0.15) is 28.9 Å². The summed E-state index contributed by atoms with van der Waals surface area (Å²) in [6, 6.07) is 6.70. The molecule has 0 unspecified atom stereocenters. The van der Waals surface area contributed by atoms with Crippen LogP contribution in [-0.4, -0.2) is 16.1 Å². The summed E-state index contributed by atoms with van der Waals surface area (Å²) in [5.74, 6) is -1.78. The lowest BCUT2D eigenvalue weighted by molar-refractivity contribution is 0.0693. The number of pyridine rings is 1. The van der Waals surface area contributed by atoms with Gasteiger partial charge in [-0.05, 0) is 12.1 Å². The molecule has 2 aromatic rings. The van der Waals surface area contributed by atoms with E-state index in [4.69, 9.17) is 15.1 Å². The Morgan fingerprint density at radius 3 is 2.84 bits per heavy atom. The van der Waals surface area contributed by atoms with Gasteiger partial charge in [-0.15, -0.1) is 0 Å². The van der Waals surface area contributed by atoms with Gasteiger partial charge in [-0.3, -0.25) is 4.98 Å². The fraction of sp³-hybridized carbons (Fsp3) is 0. The van der Waals surface area contributed by atoms with Gasteiger partial charge in [0.2, 0.25) is 0 Å². The van der Waals surface area contributed by atoms with Crippen LogP contribution in [0.25, 0.3) is 0 Å². The maximum Gasteiger partial charge on any atom is 0.341 e. The third-order valence-electron chi connectivity index (χ3n) is 2.30. The average Bonchev–Trinajstić information content (AvgIpc) is 2.39. The highest BCUT2D eigenvalue weighted by Crippen LogP contribution is 2.25. The zero-order chi connectivity index (χ0) is 13.8. The third-order valence-corrected chi connectivity index (χ3v) is 2.30. The first-order chi connectivity index (χ1) is 9.11. The van der Waals surface area contributed by atoms with Gasteiger partial charge in [-0.1, -0.05) is 0 Å². The van der Waals surface area contributed by atoms with Crippen LogP contribution >= 0.6 is 0 Å². The van der Waals surface area contributed by atoms with Crippen molar-refractivity contribution in [2.75, 3.05) is 0 Å². The van der Waals surface area contributed by atoms with Crippen LogP contribution in [-0.2, 0) is 0 Å². The molecule has 0 amide bonds. The Morgan fingerprint density at radius 2 is 2.21 bits per heavy atom. The Hall–Kier alpha value is -2.94. The summed E-state index contributed by atoms with van der Waals surface area (Å²) in [5.41, 5.74) is -0.243. The van der Waals surface area contributed by atoms with Gasteiger partial charge in [0.15, 0.2) is 0 Å². The van der Waals surface area contributed by atoms with Gasteiger partial charge in [0.25, 0.3) is 0 Å². The van der Waals surface area contributed by atoms with Gasteiger partial charge in [-0.2, -0.15) is 5.26 Å². The van der Waals surface area contributed by atoms with Crippen LogP contribution in [0.15, 0.2) is 36.7 Å². The fourth-order valence-electron chi connectivity index (χ4n) is 1.41. The molecule has 0 atom stereocenters. The topological polar surface area (TPSA) is 83.2 Å². The summed E-state index contributed by atoms with van der Waals surface area (Å²) in [6.07, 6.45) is 2.50. The summed E-state index contributed by atoms with van der Waals surface area (Å²) in [5, 5.41) is 17.5. The van der Waals surface area contributed by atoms with Crippen molar-refractivity contribution in [2.45, 2.75) is 0 Å². The van der Waals surface area contributed by atoms with E-state index in [0.29, 0.717) is 0 Å². The minimum absolute atomic E-state index is 0.0478. The molecule has 0 radical (unpaired) electrons. The number of nitriles is 1. The number of benzene rings is 1. The predicted molar refractivity (Wildman–Crippen MR) is 62.4 cm³/mol. The highest BCUT2D eigenvalue weighted by molar-refractivity contribution is 5.90. The molecule has 0 saturated carbocycles. The first kappa shape index (κ1) is 12.5. The van der Waals surface area contributed by atoms with Crippen molar-refractivity contribution in [1.29, 1.82) is 5.26 Å². The lowest BCUT2D eigenvalue weighted by Gasteiger charge is -2.08. The summed E-state index contributed by atoms with van der Waals surface area (Å²) >= 11 is 0. The number of carbonyl (C=O) groups is 1. The maximum absolute atomic E-state index is 13.4. The first-order valence-corrected chi connectivity index (χ1v) is 5.16. The molecule has 0 aliphatic carbocycles. The molecule has 0 saturated heterocycles. The second-order valence-corrected chi connectivity index (χ2v) is 3.53. The lowest BCUT2D eigenvalue weighted by atomic mass is 10.2. The minimum Gasteiger partial charge on any atom is -0.477 e. The first-order valence-electron chi connectivity index (χ1n) is 5.16. The Kier molecular flexibility index (Phi) is 3.39. The second kappa shape index (κ2) is 5.14. The molecular formula is C13H7FN2O3. The van der Waals surface area contributed by atoms with Crippen molar-refractivity contribution in [1.82, 2.24) is 4.98 Å². The number of aromatic nitrogens is 1. The normalized spacial score (nSPS) is 9.68. The van der Waals surface area contributed by atoms with Crippen LogP contribution in [0.4, 0.5) is 4.39 Å².